The molecule has 0 saturated carbocycles. The molecule has 0 spiro atoms. The van der Waals surface area contributed by atoms with Crippen molar-refractivity contribution in [2.45, 2.75) is 6.54 Å². The zero-order chi connectivity index (χ0) is 15.4. The Balaban J connectivity index is 2.11. The second-order valence-corrected chi connectivity index (χ2v) is 4.58. The summed E-state index contributed by atoms with van der Waals surface area (Å²) in [7, 11) is 0. The van der Waals surface area contributed by atoms with Crippen LogP contribution in [0.25, 0.3) is 0 Å². The van der Waals surface area contributed by atoms with Gasteiger partial charge in [0.2, 0.25) is 5.91 Å². The van der Waals surface area contributed by atoms with E-state index in [-0.39, 0.29) is 16.3 Å². The zero-order valence-corrected chi connectivity index (χ0v) is 11.7. The Morgan fingerprint density at radius 2 is 2.14 bits per heavy atom. The summed E-state index contributed by atoms with van der Waals surface area (Å²) >= 11 is 5.90. The summed E-state index contributed by atoms with van der Waals surface area (Å²) in [6.07, 6.45) is 1.49. The molecule has 0 aliphatic carbocycles. The highest BCUT2D eigenvalue weighted by Gasteiger charge is 2.13. The van der Waals surface area contributed by atoms with Crippen LogP contribution in [0.1, 0.15) is 20.8 Å². The molecule has 8 nitrogen and oxygen atoms in total. The quantitative estimate of drug-likeness (QED) is 0.728. The number of nitrogens with two attached hydrogens (primary N) is 2. The van der Waals surface area contributed by atoms with E-state index in [2.05, 4.69) is 15.6 Å². The Hall–Kier alpha value is -2.45. The van der Waals surface area contributed by atoms with Crippen LogP contribution < -0.4 is 16.8 Å². The molecule has 2 amide bonds. The predicted molar refractivity (Wildman–Crippen MR) is 77.0 cm³/mol. The highest BCUT2D eigenvalue weighted by molar-refractivity contribution is 6.34. The zero-order valence-electron chi connectivity index (χ0n) is 10.9. The first kappa shape index (κ1) is 14.9. The van der Waals surface area contributed by atoms with Gasteiger partial charge < -0.3 is 16.8 Å². The molecule has 1 aromatic carbocycles. The number of primary amides is 1. The fraction of sp³-hybridized carbons (Fsp3) is 0.167. The average molecular weight is 309 g/mol. The molecule has 0 atom stereocenters. The summed E-state index contributed by atoms with van der Waals surface area (Å²) < 4.78 is 1.47. The number of halogens is 1. The molecule has 0 bridgehead atoms. The van der Waals surface area contributed by atoms with E-state index in [9.17, 15) is 9.59 Å². The number of carbonyl (C=O) groups is 2. The Bertz CT molecular complexity index is 684. The highest BCUT2D eigenvalue weighted by atomic mass is 35.5. The minimum absolute atomic E-state index is 0.151. The molecule has 0 saturated heterocycles. The molecular weight excluding hydrogens is 296 g/mol. The molecule has 5 N–H and O–H groups in total. The van der Waals surface area contributed by atoms with Gasteiger partial charge in [-0.15, -0.1) is 5.10 Å². The van der Waals surface area contributed by atoms with Crippen molar-refractivity contribution in [1.29, 1.82) is 0 Å². The molecule has 2 aromatic rings. The van der Waals surface area contributed by atoms with Gasteiger partial charge >= 0.3 is 0 Å². The van der Waals surface area contributed by atoms with Crippen LogP contribution in [0.2, 0.25) is 5.02 Å². The highest BCUT2D eigenvalue weighted by Crippen LogP contribution is 2.20. The fourth-order valence-corrected chi connectivity index (χ4v) is 1.91. The first-order valence-electron chi connectivity index (χ1n) is 6.02. The number of carbonyl (C=O) groups excluding carboxylic acids is 2. The summed E-state index contributed by atoms with van der Waals surface area (Å²) in [6.45, 7) is 0.869. The average Bonchev–Trinajstić information content (AvgIpc) is 2.87. The number of anilines is 1. The molecule has 1 heterocycles. The molecule has 0 aliphatic heterocycles. The molecule has 0 aliphatic rings. The minimum atomic E-state index is -0.636. The van der Waals surface area contributed by atoms with Gasteiger partial charge in [0, 0.05) is 12.2 Å². The van der Waals surface area contributed by atoms with E-state index in [1.54, 1.807) is 0 Å². The lowest BCUT2D eigenvalue weighted by molar-refractivity contribution is 0.0998. The first-order valence-corrected chi connectivity index (χ1v) is 6.40. The normalized spacial score (nSPS) is 10.4. The second kappa shape index (κ2) is 6.33. The van der Waals surface area contributed by atoms with Gasteiger partial charge in [0.15, 0.2) is 5.69 Å². The molecule has 1 aromatic heterocycles. The largest absolute Gasteiger partial charge is 0.366 e. The van der Waals surface area contributed by atoms with Gasteiger partial charge in [0.05, 0.1) is 23.3 Å². The van der Waals surface area contributed by atoms with Crippen LogP contribution in [0.4, 0.5) is 5.69 Å². The van der Waals surface area contributed by atoms with Crippen molar-refractivity contribution in [3.05, 3.63) is 40.7 Å². The summed E-state index contributed by atoms with van der Waals surface area (Å²) in [4.78, 5) is 23.0. The first-order chi connectivity index (χ1) is 10.0. The Morgan fingerprint density at radius 1 is 1.38 bits per heavy atom. The van der Waals surface area contributed by atoms with Crippen molar-refractivity contribution >= 4 is 29.1 Å². The van der Waals surface area contributed by atoms with Crippen LogP contribution in [0.3, 0.4) is 0 Å². The Morgan fingerprint density at radius 3 is 2.76 bits per heavy atom. The molecule has 2 rings (SSSR count). The van der Waals surface area contributed by atoms with E-state index < -0.39 is 11.8 Å². The molecule has 0 unspecified atom stereocenters. The van der Waals surface area contributed by atoms with Gasteiger partial charge in [-0.2, -0.15) is 0 Å². The van der Waals surface area contributed by atoms with E-state index in [0.717, 1.165) is 0 Å². The van der Waals surface area contributed by atoms with Crippen LogP contribution in [-0.4, -0.2) is 33.4 Å². The summed E-state index contributed by atoms with van der Waals surface area (Å²) in [5, 5.41) is 10.3. The van der Waals surface area contributed by atoms with Crippen LogP contribution in [0.5, 0.6) is 0 Å². The van der Waals surface area contributed by atoms with Gasteiger partial charge in [-0.3, -0.25) is 14.3 Å². The molecule has 110 valence electrons. The molecular formula is C12H13ClN6O2. The van der Waals surface area contributed by atoms with E-state index in [1.807, 2.05) is 0 Å². The van der Waals surface area contributed by atoms with Crippen molar-refractivity contribution in [3.63, 3.8) is 0 Å². The number of hydrogen-bond acceptors (Lipinski definition) is 5. The van der Waals surface area contributed by atoms with Crippen LogP contribution in [0.15, 0.2) is 24.4 Å². The van der Waals surface area contributed by atoms with Crippen LogP contribution in [0, 0.1) is 0 Å². The number of benzene rings is 1. The van der Waals surface area contributed by atoms with Gasteiger partial charge in [-0.25, -0.2) is 0 Å². The standard InChI is InChI=1S/C12H13ClN6O2/c13-9-5-7(1-2-8(9)11(15)20)16-12(21)10-6-19(4-3-14)18-17-10/h1-2,5-6H,3-4,14H2,(H2,15,20)(H,16,21). The van der Waals surface area contributed by atoms with Crippen molar-refractivity contribution in [3.8, 4) is 0 Å². The van der Waals surface area contributed by atoms with Crippen molar-refractivity contribution < 1.29 is 9.59 Å². The predicted octanol–water partition coefficient (Wildman–Crippen LogP) is 0.241. The van der Waals surface area contributed by atoms with E-state index in [1.165, 1.54) is 29.1 Å². The maximum atomic E-state index is 12.0. The maximum Gasteiger partial charge on any atom is 0.277 e. The molecule has 9 heteroatoms. The fourth-order valence-electron chi connectivity index (χ4n) is 1.63. The van der Waals surface area contributed by atoms with E-state index >= 15 is 0 Å². The van der Waals surface area contributed by atoms with Gasteiger partial charge in [-0.05, 0) is 18.2 Å². The van der Waals surface area contributed by atoms with Gasteiger partial charge in [0.25, 0.3) is 5.91 Å². The summed E-state index contributed by atoms with van der Waals surface area (Å²) in [5.41, 5.74) is 11.3. The summed E-state index contributed by atoms with van der Waals surface area (Å²) in [5.74, 6) is -1.08. The summed E-state index contributed by atoms with van der Waals surface area (Å²) in [6, 6.07) is 4.39. The van der Waals surface area contributed by atoms with Crippen molar-refractivity contribution in [2.75, 3.05) is 11.9 Å². The number of nitrogens with one attached hydrogen (secondary N) is 1. The third-order valence-electron chi connectivity index (χ3n) is 2.62. The number of aromatic nitrogens is 3. The number of rotatable bonds is 5. The molecule has 21 heavy (non-hydrogen) atoms. The van der Waals surface area contributed by atoms with Crippen LogP contribution >= 0.6 is 11.6 Å². The number of nitrogens with zero attached hydrogens (tertiary/aromatic N) is 3. The Labute approximate surface area is 125 Å². The lowest BCUT2D eigenvalue weighted by atomic mass is 10.2. The van der Waals surface area contributed by atoms with Gasteiger partial charge in [-0.1, -0.05) is 16.8 Å². The third-order valence-corrected chi connectivity index (χ3v) is 2.93. The van der Waals surface area contributed by atoms with E-state index in [0.29, 0.717) is 18.8 Å². The monoisotopic (exact) mass is 308 g/mol. The van der Waals surface area contributed by atoms with Gasteiger partial charge in [0.1, 0.15) is 0 Å². The lowest BCUT2D eigenvalue weighted by Gasteiger charge is -2.05. The number of hydrogen-bond donors (Lipinski definition) is 3. The molecule has 0 fully saturated rings. The molecule has 0 radical (unpaired) electrons. The minimum Gasteiger partial charge on any atom is -0.366 e. The maximum absolute atomic E-state index is 12.0. The lowest BCUT2D eigenvalue weighted by Crippen LogP contribution is -2.14. The van der Waals surface area contributed by atoms with Crippen molar-refractivity contribution in [1.82, 2.24) is 15.0 Å². The number of amides is 2. The second-order valence-electron chi connectivity index (χ2n) is 4.17. The van der Waals surface area contributed by atoms with E-state index in [4.69, 9.17) is 23.1 Å². The third kappa shape index (κ3) is 3.56. The van der Waals surface area contributed by atoms with Crippen LogP contribution in [-0.2, 0) is 6.54 Å². The topological polar surface area (TPSA) is 129 Å². The Kier molecular flexibility index (Phi) is 4.51. The smallest absolute Gasteiger partial charge is 0.277 e. The van der Waals surface area contributed by atoms with Crippen molar-refractivity contribution in [2.24, 2.45) is 11.5 Å². The SMILES string of the molecule is NCCn1cc(C(=O)Nc2ccc(C(N)=O)c(Cl)c2)nn1.